The molecule has 64 valence electrons. The van der Waals surface area contributed by atoms with Crippen molar-refractivity contribution in [2.45, 2.75) is 12.5 Å². The fourth-order valence-electron chi connectivity index (χ4n) is 0.768. The van der Waals surface area contributed by atoms with Crippen molar-refractivity contribution in [3.8, 4) is 12.0 Å². The maximum absolute atomic E-state index is 9.66. The van der Waals surface area contributed by atoms with Gasteiger partial charge in [0.05, 0.1) is 13.4 Å². The standard InChI is InChI=1S/C9H10O3/c1-9(10,5-7-11-2)8-4-3-6-12-8/h3-4,6,10H,1-2H3. The summed E-state index contributed by atoms with van der Waals surface area (Å²) in [6.45, 7) is 1.54. The van der Waals surface area contributed by atoms with Crippen molar-refractivity contribution in [3.63, 3.8) is 0 Å². The average molecular weight is 166 g/mol. The Hall–Kier alpha value is -1.40. The van der Waals surface area contributed by atoms with Gasteiger partial charge in [-0.05, 0) is 25.0 Å². The van der Waals surface area contributed by atoms with Crippen LogP contribution in [0.1, 0.15) is 12.7 Å². The van der Waals surface area contributed by atoms with Crippen LogP contribution in [0.25, 0.3) is 0 Å². The summed E-state index contributed by atoms with van der Waals surface area (Å²) in [5, 5.41) is 9.66. The average Bonchev–Trinajstić information content (AvgIpc) is 2.53. The van der Waals surface area contributed by atoms with E-state index in [4.69, 9.17) is 4.42 Å². The lowest BCUT2D eigenvalue weighted by Gasteiger charge is -2.11. The Morgan fingerprint density at radius 3 is 2.92 bits per heavy atom. The summed E-state index contributed by atoms with van der Waals surface area (Å²) in [5.74, 6) is 2.91. The Kier molecular flexibility index (Phi) is 2.41. The van der Waals surface area contributed by atoms with E-state index in [-0.39, 0.29) is 0 Å². The van der Waals surface area contributed by atoms with Crippen LogP contribution in [0.2, 0.25) is 0 Å². The highest BCUT2D eigenvalue weighted by Gasteiger charge is 2.23. The molecule has 0 bridgehead atoms. The van der Waals surface area contributed by atoms with Gasteiger partial charge in [-0.15, -0.1) is 0 Å². The predicted molar refractivity (Wildman–Crippen MR) is 43.1 cm³/mol. The highest BCUT2D eigenvalue weighted by atomic mass is 16.5. The van der Waals surface area contributed by atoms with E-state index in [1.807, 2.05) is 0 Å². The fourth-order valence-corrected chi connectivity index (χ4v) is 0.768. The van der Waals surface area contributed by atoms with E-state index in [0.29, 0.717) is 5.76 Å². The van der Waals surface area contributed by atoms with Crippen LogP contribution in [0.4, 0.5) is 0 Å². The molecule has 1 aromatic rings. The summed E-state index contributed by atoms with van der Waals surface area (Å²) >= 11 is 0. The normalized spacial score (nSPS) is 14.2. The maximum Gasteiger partial charge on any atom is 0.184 e. The molecule has 0 aliphatic heterocycles. The van der Waals surface area contributed by atoms with Gasteiger partial charge < -0.3 is 14.3 Å². The van der Waals surface area contributed by atoms with Crippen LogP contribution in [0, 0.1) is 12.0 Å². The van der Waals surface area contributed by atoms with Gasteiger partial charge in [-0.1, -0.05) is 0 Å². The molecule has 1 unspecified atom stereocenters. The van der Waals surface area contributed by atoms with E-state index >= 15 is 0 Å². The van der Waals surface area contributed by atoms with Gasteiger partial charge in [-0.25, -0.2) is 0 Å². The molecule has 0 aromatic carbocycles. The Bertz CT molecular complexity index is 287. The maximum atomic E-state index is 9.66. The zero-order valence-corrected chi connectivity index (χ0v) is 7.00. The Morgan fingerprint density at radius 2 is 2.42 bits per heavy atom. The van der Waals surface area contributed by atoms with Gasteiger partial charge in [-0.3, -0.25) is 0 Å². The van der Waals surface area contributed by atoms with Crippen LogP contribution >= 0.6 is 0 Å². The SMILES string of the molecule is COC#CC(C)(O)c1ccco1. The van der Waals surface area contributed by atoms with E-state index in [1.165, 1.54) is 20.3 Å². The number of methoxy groups -OCH3 is 1. The molecule has 1 atom stereocenters. The van der Waals surface area contributed by atoms with Gasteiger partial charge in [0.15, 0.2) is 5.60 Å². The van der Waals surface area contributed by atoms with Gasteiger partial charge in [0.1, 0.15) is 11.9 Å². The molecule has 0 saturated heterocycles. The molecule has 0 aliphatic carbocycles. The lowest BCUT2D eigenvalue weighted by atomic mass is 10.1. The lowest BCUT2D eigenvalue weighted by Crippen LogP contribution is -2.17. The molecule has 3 heteroatoms. The third-order valence-corrected chi connectivity index (χ3v) is 1.40. The smallest absolute Gasteiger partial charge is 0.184 e. The molecule has 3 nitrogen and oxygen atoms in total. The Balaban J connectivity index is 2.86. The zero-order chi connectivity index (χ0) is 9.03. The van der Waals surface area contributed by atoms with E-state index in [9.17, 15) is 5.11 Å². The Morgan fingerprint density at radius 1 is 1.67 bits per heavy atom. The first-order chi connectivity index (χ1) is 5.67. The van der Waals surface area contributed by atoms with Crippen molar-refractivity contribution < 1.29 is 14.3 Å². The minimum atomic E-state index is -1.28. The van der Waals surface area contributed by atoms with Crippen molar-refractivity contribution in [1.29, 1.82) is 0 Å². The third kappa shape index (κ3) is 1.80. The minimum Gasteiger partial charge on any atom is -0.465 e. The van der Waals surface area contributed by atoms with Crippen LogP contribution in [0.3, 0.4) is 0 Å². The van der Waals surface area contributed by atoms with Crippen LogP contribution in [0.5, 0.6) is 0 Å². The molecule has 0 aliphatic rings. The van der Waals surface area contributed by atoms with Gasteiger partial charge >= 0.3 is 0 Å². The largest absolute Gasteiger partial charge is 0.465 e. The molecule has 0 spiro atoms. The van der Waals surface area contributed by atoms with Gasteiger partial charge in [0.2, 0.25) is 0 Å². The number of furan rings is 1. The summed E-state index contributed by atoms with van der Waals surface area (Å²) in [7, 11) is 1.44. The molecule has 0 amide bonds. The van der Waals surface area contributed by atoms with Crippen molar-refractivity contribution in [2.24, 2.45) is 0 Å². The van der Waals surface area contributed by atoms with Crippen LogP contribution < -0.4 is 0 Å². The second-order valence-corrected chi connectivity index (χ2v) is 2.48. The van der Waals surface area contributed by atoms with Crippen molar-refractivity contribution in [1.82, 2.24) is 0 Å². The predicted octanol–water partition coefficient (Wildman–Crippen LogP) is 1.09. The summed E-state index contributed by atoms with van der Waals surface area (Å²) in [6, 6.07) is 3.35. The lowest BCUT2D eigenvalue weighted by molar-refractivity contribution is 0.0942. The Labute approximate surface area is 71.0 Å². The monoisotopic (exact) mass is 166 g/mol. The summed E-state index contributed by atoms with van der Waals surface area (Å²) in [5.41, 5.74) is -1.28. The van der Waals surface area contributed by atoms with Crippen molar-refractivity contribution >= 4 is 0 Å². The second kappa shape index (κ2) is 3.33. The van der Waals surface area contributed by atoms with Gasteiger partial charge in [0, 0.05) is 0 Å². The van der Waals surface area contributed by atoms with Gasteiger partial charge in [-0.2, -0.15) is 0 Å². The van der Waals surface area contributed by atoms with Crippen LogP contribution in [-0.4, -0.2) is 12.2 Å². The molecule has 1 heterocycles. The highest BCUT2D eigenvalue weighted by Crippen LogP contribution is 2.19. The minimum absolute atomic E-state index is 0.409. The van der Waals surface area contributed by atoms with E-state index in [2.05, 4.69) is 16.8 Å². The molecule has 0 fully saturated rings. The summed E-state index contributed by atoms with van der Waals surface area (Å²) in [4.78, 5) is 0. The van der Waals surface area contributed by atoms with E-state index in [1.54, 1.807) is 12.1 Å². The first kappa shape index (κ1) is 8.69. The number of rotatable bonds is 1. The molecule has 1 rings (SSSR count). The van der Waals surface area contributed by atoms with Crippen LogP contribution in [-0.2, 0) is 10.3 Å². The molecular formula is C9H10O3. The fraction of sp³-hybridized carbons (Fsp3) is 0.333. The van der Waals surface area contributed by atoms with Gasteiger partial charge in [0.25, 0.3) is 0 Å². The van der Waals surface area contributed by atoms with E-state index < -0.39 is 5.60 Å². The first-order valence-corrected chi connectivity index (χ1v) is 3.48. The van der Waals surface area contributed by atoms with Crippen molar-refractivity contribution in [3.05, 3.63) is 24.2 Å². The first-order valence-electron chi connectivity index (χ1n) is 3.48. The molecule has 12 heavy (non-hydrogen) atoms. The molecule has 0 radical (unpaired) electrons. The van der Waals surface area contributed by atoms with Crippen LogP contribution in [0.15, 0.2) is 22.8 Å². The number of hydrogen-bond donors (Lipinski definition) is 1. The molecule has 0 saturated carbocycles. The van der Waals surface area contributed by atoms with Crippen molar-refractivity contribution in [2.75, 3.05) is 7.11 Å². The molecule has 1 aromatic heterocycles. The summed E-state index contributed by atoms with van der Waals surface area (Å²) in [6.07, 6.45) is 3.80. The molecular weight excluding hydrogens is 156 g/mol. The second-order valence-electron chi connectivity index (χ2n) is 2.48. The molecule has 1 N–H and O–H groups in total. The quantitative estimate of drug-likeness (QED) is 0.635. The zero-order valence-electron chi connectivity index (χ0n) is 7.00. The number of ether oxygens (including phenoxy) is 1. The van der Waals surface area contributed by atoms with E-state index in [0.717, 1.165) is 0 Å². The topological polar surface area (TPSA) is 42.6 Å². The summed E-state index contributed by atoms with van der Waals surface area (Å²) < 4.78 is 9.50. The number of aliphatic hydroxyl groups is 1. The third-order valence-electron chi connectivity index (χ3n) is 1.40. The highest BCUT2D eigenvalue weighted by molar-refractivity contribution is 5.21. The number of hydrogen-bond acceptors (Lipinski definition) is 3.